The van der Waals surface area contributed by atoms with Gasteiger partial charge in [0.25, 0.3) is 11.8 Å². The summed E-state index contributed by atoms with van der Waals surface area (Å²) >= 11 is 17.6. The van der Waals surface area contributed by atoms with E-state index in [9.17, 15) is 9.59 Å². The molecule has 0 radical (unpaired) electrons. The molecule has 1 saturated heterocycles. The van der Waals surface area contributed by atoms with Crippen LogP contribution in [-0.4, -0.2) is 30.6 Å². The van der Waals surface area contributed by atoms with E-state index in [4.69, 9.17) is 51.3 Å². The van der Waals surface area contributed by atoms with Gasteiger partial charge >= 0.3 is 0 Å². The molecule has 1 N–H and O–H groups in total. The summed E-state index contributed by atoms with van der Waals surface area (Å²) in [5, 5.41) is 2.79. The summed E-state index contributed by atoms with van der Waals surface area (Å²) in [5.41, 5.74) is 1.36. The Morgan fingerprint density at radius 3 is 2.73 bits per heavy atom. The Labute approximate surface area is 206 Å². The molecule has 0 unspecified atom stereocenters. The summed E-state index contributed by atoms with van der Waals surface area (Å²) in [5.74, 6) is 1.98. The minimum absolute atomic E-state index is 0.0502. The van der Waals surface area contributed by atoms with Crippen LogP contribution in [0.25, 0.3) is 6.08 Å². The number of rotatable bonds is 7. The standard InChI is InChI=1S/C24H18Cl2N2O4S/c1-4-7-15-11-14(13-19(31-3)21(15)32-10-5-2)12-16-22(29)27-24(33)28(23(16)30)18-9-6-8-17(25)20(18)26/h2,4,6,8-9,11-13H,1,7,10H2,3H3,(H,27,29,33)/b16-12+. The highest BCUT2D eigenvalue weighted by atomic mass is 35.5. The topological polar surface area (TPSA) is 67.9 Å². The smallest absolute Gasteiger partial charge is 0.270 e. The molecule has 0 saturated carbocycles. The van der Waals surface area contributed by atoms with Gasteiger partial charge < -0.3 is 9.47 Å². The molecule has 2 amide bonds. The van der Waals surface area contributed by atoms with Gasteiger partial charge in [-0.1, -0.05) is 41.3 Å². The van der Waals surface area contributed by atoms with Crippen molar-refractivity contribution in [2.75, 3.05) is 18.6 Å². The average molecular weight is 501 g/mol. The van der Waals surface area contributed by atoms with Crippen LogP contribution in [0.2, 0.25) is 10.0 Å². The number of amides is 2. The lowest BCUT2D eigenvalue weighted by molar-refractivity contribution is -0.122. The zero-order valence-electron chi connectivity index (χ0n) is 17.5. The molecule has 2 aromatic carbocycles. The summed E-state index contributed by atoms with van der Waals surface area (Å²) in [6.45, 7) is 3.81. The Hall–Kier alpha value is -3.31. The Balaban J connectivity index is 2.10. The molecule has 1 aliphatic heterocycles. The third-order valence-corrected chi connectivity index (χ3v) is 5.72. The van der Waals surface area contributed by atoms with E-state index in [2.05, 4.69) is 17.8 Å². The summed E-state index contributed by atoms with van der Waals surface area (Å²) in [4.78, 5) is 27.1. The van der Waals surface area contributed by atoms with Crippen LogP contribution in [0.3, 0.4) is 0 Å². The fraction of sp³-hybridized carbons (Fsp3) is 0.125. The van der Waals surface area contributed by atoms with Gasteiger partial charge in [-0.2, -0.15) is 0 Å². The zero-order chi connectivity index (χ0) is 24.1. The fourth-order valence-corrected chi connectivity index (χ4v) is 3.87. The van der Waals surface area contributed by atoms with E-state index in [1.807, 2.05) is 0 Å². The maximum atomic E-state index is 13.3. The molecule has 1 heterocycles. The molecule has 0 aromatic heterocycles. The van der Waals surface area contributed by atoms with Crippen LogP contribution >= 0.6 is 35.4 Å². The SMILES string of the molecule is C#CCOc1c(CC=C)cc(/C=C2\C(=O)NC(=S)N(c3cccc(Cl)c3Cl)C2=O)cc1OC. The molecule has 1 aliphatic rings. The molecule has 9 heteroatoms. The van der Waals surface area contributed by atoms with Gasteiger partial charge in [0.05, 0.1) is 22.8 Å². The van der Waals surface area contributed by atoms with Crippen molar-refractivity contribution in [3.8, 4) is 23.8 Å². The first-order chi connectivity index (χ1) is 15.8. The predicted octanol–water partition coefficient (Wildman–Crippen LogP) is 4.57. The summed E-state index contributed by atoms with van der Waals surface area (Å²) in [7, 11) is 1.48. The highest BCUT2D eigenvalue weighted by molar-refractivity contribution is 7.80. The summed E-state index contributed by atoms with van der Waals surface area (Å²) < 4.78 is 11.1. The average Bonchev–Trinajstić information content (AvgIpc) is 2.78. The molecule has 1 fully saturated rings. The van der Waals surface area contributed by atoms with Crippen LogP contribution in [0.5, 0.6) is 11.5 Å². The molecule has 0 atom stereocenters. The van der Waals surface area contributed by atoms with Gasteiger partial charge in [-0.05, 0) is 54.5 Å². The highest BCUT2D eigenvalue weighted by Crippen LogP contribution is 2.36. The van der Waals surface area contributed by atoms with E-state index in [0.717, 1.165) is 10.5 Å². The molecule has 0 aliphatic carbocycles. The number of hydrogen-bond acceptors (Lipinski definition) is 5. The van der Waals surface area contributed by atoms with Crippen molar-refractivity contribution in [2.45, 2.75) is 6.42 Å². The molecule has 3 rings (SSSR count). The first-order valence-electron chi connectivity index (χ1n) is 9.55. The highest BCUT2D eigenvalue weighted by Gasteiger charge is 2.35. The Kier molecular flexibility index (Phi) is 7.77. The first kappa shape index (κ1) is 24.3. The van der Waals surface area contributed by atoms with Gasteiger partial charge in [0.15, 0.2) is 16.6 Å². The number of anilines is 1. The van der Waals surface area contributed by atoms with Crippen molar-refractivity contribution in [3.05, 3.63) is 69.7 Å². The second-order valence-electron chi connectivity index (χ2n) is 6.73. The normalized spacial score (nSPS) is 14.7. The number of terminal acetylenes is 1. The number of benzene rings is 2. The van der Waals surface area contributed by atoms with E-state index in [-0.39, 0.29) is 33.0 Å². The summed E-state index contributed by atoms with van der Waals surface area (Å²) in [6.07, 6.45) is 8.88. The van der Waals surface area contributed by atoms with Gasteiger partial charge in [0, 0.05) is 5.56 Å². The molecule has 2 aromatic rings. The Bertz CT molecular complexity index is 1230. The quantitative estimate of drug-likeness (QED) is 0.198. The van der Waals surface area contributed by atoms with Crippen LogP contribution in [-0.2, 0) is 16.0 Å². The number of allylic oxidation sites excluding steroid dienone is 1. The Morgan fingerprint density at radius 2 is 2.06 bits per heavy atom. The van der Waals surface area contributed by atoms with E-state index < -0.39 is 11.8 Å². The van der Waals surface area contributed by atoms with Crippen molar-refractivity contribution in [3.63, 3.8) is 0 Å². The minimum atomic E-state index is -0.648. The number of nitrogens with one attached hydrogen (secondary N) is 1. The zero-order valence-corrected chi connectivity index (χ0v) is 19.8. The van der Waals surface area contributed by atoms with Crippen molar-refractivity contribution < 1.29 is 19.1 Å². The van der Waals surface area contributed by atoms with Crippen LogP contribution in [0.4, 0.5) is 5.69 Å². The molecule has 168 valence electrons. The number of halogens is 2. The van der Waals surface area contributed by atoms with Crippen LogP contribution in [0, 0.1) is 12.3 Å². The minimum Gasteiger partial charge on any atom is -0.493 e. The van der Waals surface area contributed by atoms with E-state index in [0.29, 0.717) is 23.5 Å². The van der Waals surface area contributed by atoms with Gasteiger partial charge in [0.1, 0.15) is 12.2 Å². The molecule has 6 nitrogen and oxygen atoms in total. The second kappa shape index (κ2) is 10.5. The second-order valence-corrected chi connectivity index (χ2v) is 7.90. The van der Waals surface area contributed by atoms with Gasteiger partial charge in [-0.15, -0.1) is 13.0 Å². The third-order valence-electron chi connectivity index (χ3n) is 4.62. The number of carbonyl (C=O) groups is 2. The maximum Gasteiger partial charge on any atom is 0.270 e. The van der Waals surface area contributed by atoms with Gasteiger partial charge in [0.2, 0.25) is 0 Å². The lowest BCUT2D eigenvalue weighted by Crippen LogP contribution is -2.54. The first-order valence-corrected chi connectivity index (χ1v) is 10.7. The van der Waals surface area contributed by atoms with Crippen LogP contribution in [0.1, 0.15) is 11.1 Å². The number of ether oxygens (including phenoxy) is 2. The number of carbonyl (C=O) groups excluding carboxylic acids is 2. The van der Waals surface area contributed by atoms with Crippen molar-refractivity contribution in [1.82, 2.24) is 5.32 Å². The largest absolute Gasteiger partial charge is 0.493 e. The molecule has 0 bridgehead atoms. The lowest BCUT2D eigenvalue weighted by Gasteiger charge is -2.29. The van der Waals surface area contributed by atoms with Crippen LogP contribution in [0.15, 0.2) is 48.6 Å². The molecular weight excluding hydrogens is 483 g/mol. The predicted molar refractivity (Wildman–Crippen MR) is 134 cm³/mol. The van der Waals surface area contributed by atoms with Crippen molar-refractivity contribution in [2.24, 2.45) is 0 Å². The van der Waals surface area contributed by atoms with Gasteiger partial charge in [-0.3, -0.25) is 19.8 Å². The number of nitrogens with zero attached hydrogens (tertiary/aromatic N) is 1. The van der Waals surface area contributed by atoms with E-state index in [1.54, 1.807) is 36.4 Å². The number of hydrogen-bond donors (Lipinski definition) is 1. The molecule has 33 heavy (non-hydrogen) atoms. The van der Waals surface area contributed by atoms with Gasteiger partial charge in [-0.25, -0.2) is 0 Å². The lowest BCUT2D eigenvalue weighted by atomic mass is 10.0. The number of thiocarbonyl (C=S) groups is 1. The van der Waals surface area contributed by atoms with E-state index >= 15 is 0 Å². The maximum absolute atomic E-state index is 13.3. The molecule has 0 spiro atoms. The fourth-order valence-electron chi connectivity index (χ4n) is 3.21. The van der Waals surface area contributed by atoms with Crippen molar-refractivity contribution >= 4 is 64.1 Å². The Morgan fingerprint density at radius 1 is 1.30 bits per heavy atom. The van der Waals surface area contributed by atoms with Crippen molar-refractivity contribution in [1.29, 1.82) is 0 Å². The monoisotopic (exact) mass is 500 g/mol. The number of methoxy groups -OCH3 is 1. The summed E-state index contributed by atoms with van der Waals surface area (Å²) in [6, 6.07) is 8.18. The van der Waals surface area contributed by atoms with E-state index in [1.165, 1.54) is 13.2 Å². The third kappa shape index (κ3) is 5.04. The van der Waals surface area contributed by atoms with Crippen LogP contribution < -0.4 is 19.7 Å². The molecular formula is C24H18Cl2N2O4S.